The zero-order valence-electron chi connectivity index (χ0n) is 10.9. The van der Waals surface area contributed by atoms with Gasteiger partial charge in [-0.05, 0) is 25.1 Å². The Balaban J connectivity index is 0.00000289. The van der Waals surface area contributed by atoms with Crippen LogP contribution in [0.15, 0.2) is 24.3 Å². The maximum atomic E-state index is 11.6. The van der Waals surface area contributed by atoms with Gasteiger partial charge in [-0.15, -0.1) is 12.4 Å². The largest absolute Gasteiger partial charge is 0.372 e. The lowest BCUT2D eigenvalue weighted by Gasteiger charge is -2.10. The number of para-hydroxylation sites is 1. The number of nitrogens with one attached hydrogen (secondary N) is 2. The van der Waals surface area contributed by atoms with Gasteiger partial charge in [-0.2, -0.15) is 0 Å². The van der Waals surface area contributed by atoms with E-state index in [2.05, 4.69) is 10.6 Å². The number of hydrogen-bond donors (Lipinski definition) is 2. The summed E-state index contributed by atoms with van der Waals surface area (Å²) in [4.78, 5) is 11.6. The number of ether oxygens (including phenoxy) is 1. The van der Waals surface area contributed by atoms with Gasteiger partial charge < -0.3 is 15.4 Å². The quantitative estimate of drug-likeness (QED) is 0.748. The molecule has 0 aliphatic heterocycles. The summed E-state index contributed by atoms with van der Waals surface area (Å²) in [7, 11) is 1.88. The number of rotatable bonds is 7. The number of carbonyl (C=O) groups is 1. The average Bonchev–Trinajstić information content (AvgIpc) is 2.32. The molecule has 1 rings (SSSR count). The Morgan fingerprint density at radius 1 is 1.33 bits per heavy atom. The monoisotopic (exact) mass is 272 g/mol. The first kappa shape index (κ1) is 16.9. The molecule has 0 spiro atoms. The number of hydrogen-bond acceptors (Lipinski definition) is 3. The average molecular weight is 273 g/mol. The van der Waals surface area contributed by atoms with Crippen molar-refractivity contribution in [3.8, 4) is 0 Å². The lowest BCUT2D eigenvalue weighted by atomic mass is 10.2. The molecule has 0 radical (unpaired) electrons. The van der Waals surface area contributed by atoms with E-state index in [1.54, 1.807) is 0 Å². The molecule has 0 atom stereocenters. The Morgan fingerprint density at radius 2 is 2.06 bits per heavy atom. The van der Waals surface area contributed by atoms with Crippen molar-refractivity contribution < 1.29 is 9.53 Å². The van der Waals surface area contributed by atoms with Gasteiger partial charge in [0, 0.05) is 18.8 Å². The zero-order chi connectivity index (χ0) is 12.5. The standard InChI is InChI=1S/C13H20N2O2.ClH/c1-3-8-17-10-13(16)15-12-7-5-4-6-11(12)9-14-2;/h4-7,14H,3,8-10H2,1-2H3,(H,15,16);1H. The predicted octanol–water partition coefficient (Wildman–Crippen LogP) is 2.19. The van der Waals surface area contributed by atoms with Gasteiger partial charge in [-0.1, -0.05) is 25.1 Å². The Kier molecular flexibility index (Phi) is 9.28. The molecule has 1 amide bonds. The van der Waals surface area contributed by atoms with Gasteiger partial charge in [0.2, 0.25) is 5.91 Å². The third kappa shape index (κ3) is 6.00. The van der Waals surface area contributed by atoms with Crippen molar-refractivity contribution >= 4 is 24.0 Å². The molecule has 5 heteroatoms. The summed E-state index contributed by atoms with van der Waals surface area (Å²) < 4.78 is 5.19. The lowest BCUT2D eigenvalue weighted by molar-refractivity contribution is -0.120. The van der Waals surface area contributed by atoms with Gasteiger partial charge >= 0.3 is 0 Å². The fourth-order valence-corrected chi connectivity index (χ4v) is 1.48. The van der Waals surface area contributed by atoms with Crippen molar-refractivity contribution in [3.05, 3.63) is 29.8 Å². The van der Waals surface area contributed by atoms with E-state index in [0.29, 0.717) is 6.61 Å². The molecule has 0 aliphatic carbocycles. The van der Waals surface area contributed by atoms with Gasteiger partial charge in [0.05, 0.1) is 0 Å². The molecule has 0 saturated carbocycles. The highest BCUT2D eigenvalue weighted by molar-refractivity contribution is 5.92. The van der Waals surface area contributed by atoms with Crippen LogP contribution in [0.1, 0.15) is 18.9 Å². The molecule has 2 N–H and O–H groups in total. The van der Waals surface area contributed by atoms with Gasteiger partial charge in [0.15, 0.2) is 0 Å². The normalized spacial score (nSPS) is 9.67. The summed E-state index contributed by atoms with van der Waals surface area (Å²) in [5, 5.41) is 5.92. The summed E-state index contributed by atoms with van der Waals surface area (Å²) in [5.74, 6) is -0.109. The van der Waals surface area contributed by atoms with Crippen molar-refractivity contribution in [2.24, 2.45) is 0 Å². The molecule has 0 heterocycles. The first-order valence-corrected chi connectivity index (χ1v) is 5.88. The zero-order valence-corrected chi connectivity index (χ0v) is 11.7. The van der Waals surface area contributed by atoms with E-state index < -0.39 is 0 Å². The van der Waals surface area contributed by atoms with Crippen LogP contribution in [0.2, 0.25) is 0 Å². The van der Waals surface area contributed by atoms with Crippen LogP contribution in [0.3, 0.4) is 0 Å². The number of carbonyl (C=O) groups excluding carboxylic acids is 1. The molecule has 0 fully saturated rings. The molecular weight excluding hydrogens is 252 g/mol. The van der Waals surface area contributed by atoms with Crippen LogP contribution in [0.25, 0.3) is 0 Å². The maximum Gasteiger partial charge on any atom is 0.250 e. The Bertz CT molecular complexity index is 359. The van der Waals surface area contributed by atoms with Crippen molar-refractivity contribution in [1.29, 1.82) is 0 Å². The topological polar surface area (TPSA) is 50.4 Å². The van der Waals surface area contributed by atoms with Crippen molar-refractivity contribution in [2.75, 3.05) is 25.6 Å². The second-order valence-electron chi connectivity index (χ2n) is 3.79. The van der Waals surface area contributed by atoms with Crippen LogP contribution >= 0.6 is 12.4 Å². The Hall–Kier alpha value is -1.10. The summed E-state index contributed by atoms with van der Waals surface area (Å²) in [5.41, 5.74) is 1.91. The van der Waals surface area contributed by atoms with Gasteiger partial charge in [-0.3, -0.25) is 4.79 Å². The fourth-order valence-electron chi connectivity index (χ4n) is 1.48. The molecule has 0 aliphatic rings. The van der Waals surface area contributed by atoms with E-state index >= 15 is 0 Å². The van der Waals surface area contributed by atoms with Crippen LogP contribution in [0.4, 0.5) is 5.69 Å². The minimum atomic E-state index is -0.109. The lowest BCUT2D eigenvalue weighted by Crippen LogP contribution is -2.20. The molecule has 1 aromatic carbocycles. The third-order valence-corrected chi connectivity index (χ3v) is 2.24. The van der Waals surface area contributed by atoms with Crippen LogP contribution in [-0.2, 0) is 16.1 Å². The smallest absolute Gasteiger partial charge is 0.250 e. The van der Waals surface area contributed by atoms with Gasteiger partial charge in [-0.25, -0.2) is 0 Å². The highest BCUT2D eigenvalue weighted by Gasteiger charge is 2.05. The third-order valence-electron chi connectivity index (χ3n) is 2.24. The predicted molar refractivity (Wildman–Crippen MR) is 76.2 cm³/mol. The molecule has 4 nitrogen and oxygen atoms in total. The maximum absolute atomic E-state index is 11.6. The Morgan fingerprint density at radius 3 is 2.72 bits per heavy atom. The number of benzene rings is 1. The number of amides is 1. The summed E-state index contributed by atoms with van der Waals surface area (Å²) in [6.45, 7) is 3.47. The van der Waals surface area contributed by atoms with E-state index in [1.807, 2.05) is 38.2 Å². The number of anilines is 1. The van der Waals surface area contributed by atoms with E-state index in [4.69, 9.17) is 4.74 Å². The van der Waals surface area contributed by atoms with Crippen molar-refractivity contribution in [2.45, 2.75) is 19.9 Å². The van der Waals surface area contributed by atoms with Crippen LogP contribution in [0, 0.1) is 0 Å². The van der Waals surface area contributed by atoms with Crippen LogP contribution in [-0.4, -0.2) is 26.2 Å². The molecule has 0 unspecified atom stereocenters. The molecule has 0 bridgehead atoms. The summed E-state index contributed by atoms with van der Waals surface area (Å²) in [6, 6.07) is 7.74. The molecule has 1 aromatic rings. The minimum absolute atomic E-state index is 0. The second-order valence-corrected chi connectivity index (χ2v) is 3.79. The van der Waals surface area contributed by atoms with Gasteiger partial charge in [0.25, 0.3) is 0 Å². The van der Waals surface area contributed by atoms with E-state index in [1.165, 1.54) is 0 Å². The van der Waals surface area contributed by atoms with Crippen LogP contribution < -0.4 is 10.6 Å². The highest BCUT2D eigenvalue weighted by atomic mass is 35.5. The Labute approximate surface area is 115 Å². The second kappa shape index (κ2) is 9.88. The van der Waals surface area contributed by atoms with Gasteiger partial charge in [0.1, 0.15) is 6.61 Å². The van der Waals surface area contributed by atoms with E-state index in [9.17, 15) is 4.79 Å². The minimum Gasteiger partial charge on any atom is -0.372 e. The highest BCUT2D eigenvalue weighted by Crippen LogP contribution is 2.14. The van der Waals surface area contributed by atoms with Crippen molar-refractivity contribution in [1.82, 2.24) is 5.32 Å². The summed E-state index contributed by atoms with van der Waals surface area (Å²) >= 11 is 0. The SMILES string of the molecule is CCCOCC(=O)Nc1ccccc1CNC.Cl. The number of halogens is 1. The fraction of sp³-hybridized carbons (Fsp3) is 0.462. The van der Waals surface area contributed by atoms with Crippen LogP contribution in [0.5, 0.6) is 0 Å². The van der Waals surface area contributed by atoms with Crippen molar-refractivity contribution in [3.63, 3.8) is 0 Å². The van der Waals surface area contributed by atoms with E-state index in [-0.39, 0.29) is 24.9 Å². The summed E-state index contributed by atoms with van der Waals surface area (Å²) in [6.07, 6.45) is 0.920. The molecule has 0 saturated heterocycles. The van der Waals surface area contributed by atoms with E-state index in [0.717, 1.165) is 24.2 Å². The molecular formula is C13H21ClN2O2. The first-order chi connectivity index (χ1) is 8.27. The molecule has 18 heavy (non-hydrogen) atoms. The molecule has 102 valence electrons. The molecule has 0 aromatic heterocycles. The first-order valence-electron chi connectivity index (χ1n) is 5.88.